The number of aromatic nitrogens is 1. The summed E-state index contributed by atoms with van der Waals surface area (Å²) < 4.78 is 0. The van der Waals surface area contributed by atoms with Crippen LogP contribution in [0.4, 0.5) is 5.69 Å². The Bertz CT molecular complexity index is 359. The van der Waals surface area contributed by atoms with Crippen molar-refractivity contribution >= 4 is 5.69 Å². The summed E-state index contributed by atoms with van der Waals surface area (Å²) in [6.45, 7) is 2.53. The van der Waals surface area contributed by atoms with Crippen LogP contribution < -0.4 is 4.90 Å². The zero-order valence-corrected chi connectivity index (χ0v) is 10.9. The molecule has 1 aromatic heterocycles. The summed E-state index contributed by atoms with van der Waals surface area (Å²) in [5.74, 6) is 0. The monoisotopic (exact) mass is 250 g/mol. The summed E-state index contributed by atoms with van der Waals surface area (Å²) in [4.78, 5) is 6.52. The molecule has 1 heterocycles. The second kappa shape index (κ2) is 6.16. The summed E-state index contributed by atoms with van der Waals surface area (Å²) in [7, 11) is 0. The van der Waals surface area contributed by atoms with Crippen molar-refractivity contribution in [1.29, 1.82) is 0 Å². The Hall–Kier alpha value is -1.13. The third-order valence-electron chi connectivity index (χ3n) is 3.64. The molecule has 4 nitrogen and oxygen atoms in total. The fourth-order valence-corrected chi connectivity index (χ4v) is 2.66. The minimum atomic E-state index is -0.531. The molecule has 0 bridgehead atoms. The van der Waals surface area contributed by atoms with Gasteiger partial charge >= 0.3 is 0 Å². The van der Waals surface area contributed by atoms with E-state index in [0.29, 0.717) is 18.3 Å². The lowest BCUT2D eigenvalue weighted by atomic mass is 10.1. The maximum Gasteiger partial charge on any atom is 0.0931 e. The van der Waals surface area contributed by atoms with E-state index in [9.17, 15) is 10.2 Å². The molecular weight excluding hydrogens is 228 g/mol. The van der Waals surface area contributed by atoms with Gasteiger partial charge < -0.3 is 15.1 Å². The smallest absolute Gasteiger partial charge is 0.0931 e. The first-order chi connectivity index (χ1) is 8.72. The maximum atomic E-state index is 9.45. The predicted molar refractivity (Wildman–Crippen MR) is 71.6 cm³/mol. The first kappa shape index (κ1) is 13.3. The van der Waals surface area contributed by atoms with Crippen LogP contribution >= 0.6 is 0 Å². The van der Waals surface area contributed by atoms with Crippen LogP contribution in [0.25, 0.3) is 0 Å². The third-order valence-corrected chi connectivity index (χ3v) is 3.64. The van der Waals surface area contributed by atoms with Gasteiger partial charge in [0.25, 0.3) is 0 Å². The van der Waals surface area contributed by atoms with Crippen LogP contribution in [0.3, 0.4) is 0 Å². The predicted octanol–water partition coefficient (Wildman–Crippen LogP) is 1.88. The molecule has 0 spiro atoms. The van der Waals surface area contributed by atoms with E-state index in [1.165, 1.54) is 25.7 Å². The van der Waals surface area contributed by atoms with Gasteiger partial charge in [-0.05, 0) is 31.9 Å². The molecule has 0 radical (unpaired) electrons. The molecule has 1 unspecified atom stereocenters. The number of aliphatic hydroxyl groups excluding tert-OH is 2. The normalized spacial score (nSPS) is 17.9. The molecule has 1 atom stereocenters. The highest BCUT2D eigenvalue weighted by Crippen LogP contribution is 2.28. The number of pyridine rings is 1. The van der Waals surface area contributed by atoms with Crippen molar-refractivity contribution in [3.05, 3.63) is 24.0 Å². The van der Waals surface area contributed by atoms with Gasteiger partial charge in [0, 0.05) is 12.6 Å². The largest absolute Gasteiger partial charge is 0.395 e. The average Bonchev–Trinajstić information content (AvgIpc) is 2.90. The van der Waals surface area contributed by atoms with Crippen LogP contribution in [0.5, 0.6) is 0 Å². The van der Waals surface area contributed by atoms with Crippen LogP contribution in [0.1, 0.15) is 44.4 Å². The van der Waals surface area contributed by atoms with E-state index in [0.717, 1.165) is 5.69 Å². The molecule has 100 valence electrons. The molecule has 2 rings (SSSR count). The van der Waals surface area contributed by atoms with E-state index in [1.807, 2.05) is 12.1 Å². The first-order valence-electron chi connectivity index (χ1n) is 6.74. The summed E-state index contributed by atoms with van der Waals surface area (Å²) >= 11 is 0. The summed E-state index contributed by atoms with van der Waals surface area (Å²) in [6, 6.07) is 4.37. The zero-order valence-electron chi connectivity index (χ0n) is 10.9. The highest BCUT2D eigenvalue weighted by molar-refractivity contribution is 5.46. The number of rotatable bonds is 5. The Morgan fingerprint density at radius 3 is 2.61 bits per heavy atom. The summed E-state index contributed by atoms with van der Waals surface area (Å²) in [5.41, 5.74) is 1.73. The van der Waals surface area contributed by atoms with E-state index in [2.05, 4.69) is 9.88 Å². The maximum absolute atomic E-state index is 9.45. The van der Waals surface area contributed by atoms with Gasteiger partial charge in [-0.15, -0.1) is 0 Å². The van der Waals surface area contributed by atoms with Crippen LogP contribution in [0.15, 0.2) is 18.3 Å². The van der Waals surface area contributed by atoms with Crippen molar-refractivity contribution in [1.82, 2.24) is 4.98 Å². The summed E-state index contributed by atoms with van der Waals surface area (Å²) in [6.07, 6.45) is 6.20. The van der Waals surface area contributed by atoms with E-state index in [1.54, 1.807) is 13.1 Å². The molecule has 1 aliphatic carbocycles. The molecule has 1 aliphatic rings. The second-order valence-electron chi connectivity index (χ2n) is 4.97. The van der Waals surface area contributed by atoms with Crippen molar-refractivity contribution in [3.8, 4) is 0 Å². The Morgan fingerprint density at radius 2 is 2.11 bits per heavy atom. The van der Waals surface area contributed by atoms with Gasteiger partial charge in [-0.1, -0.05) is 12.8 Å². The standard InChI is InChI=1S/C14H22N2O2/c1-11(18)14-7-6-13(10-15-14)16(8-9-17)12-4-2-3-5-12/h6-7,10-12,17-18H,2-5,8-9H2,1H3. The van der Waals surface area contributed by atoms with Gasteiger partial charge in [-0.25, -0.2) is 0 Å². The third kappa shape index (κ3) is 3.00. The summed E-state index contributed by atoms with van der Waals surface area (Å²) in [5, 5.41) is 18.7. The average molecular weight is 250 g/mol. The Balaban J connectivity index is 2.14. The van der Waals surface area contributed by atoms with Crippen molar-refractivity contribution in [3.63, 3.8) is 0 Å². The lowest BCUT2D eigenvalue weighted by molar-refractivity contribution is 0.194. The molecule has 1 fully saturated rings. The molecule has 0 amide bonds. The molecule has 1 saturated carbocycles. The van der Waals surface area contributed by atoms with E-state index >= 15 is 0 Å². The minimum Gasteiger partial charge on any atom is -0.395 e. The van der Waals surface area contributed by atoms with Gasteiger partial charge in [-0.2, -0.15) is 0 Å². The molecule has 18 heavy (non-hydrogen) atoms. The minimum absolute atomic E-state index is 0.161. The molecule has 0 saturated heterocycles. The quantitative estimate of drug-likeness (QED) is 0.837. The van der Waals surface area contributed by atoms with Gasteiger partial charge in [0.1, 0.15) is 0 Å². The van der Waals surface area contributed by atoms with Crippen molar-refractivity contribution < 1.29 is 10.2 Å². The van der Waals surface area contributed by atoms with Crippen LogP contribution in [-0.4, -0.2) is 34.4 Å². The molecular formula is C14H22N2O2. The highest BCUT2D eigenvalue weighted by Gasteiger charge is 2.22. The zero-order chi connectivity index (χ0) is 13.0. The van der Waals surface area contributed by atoms with E-state index in [-0.39, 0.29) is 6.61 Å². The molecule has 4 heteroatoms. The number of hydrogen-bond donors (Lipinski definition) is 2. The number of aliphatic hydroxyl groups is 2. The topological polar surface area (TPSA) is 56.6 Å². The SMILES string of the molecule is CC(O)c1ccc(N(CCO)C2CCCC2)cn1. The Morgan fingerprint density at radius 1 is 1.39 bits per heavy atom. The molecule has 1 aromatic rings. The van der Waals surface area contributed by atoms with Gasteiger partial charge in [0.2, 0.25) is 0 Å². The first-order valence-corrected chi connectivity index (χ1v) is 6.74. The fraction of sp³-hybridized carbons (Fsp3) is 0.643. The lowest BCUT2D eigenvalue weighted by Crippen LogP contribution is -2.35. The van der Waals surface area contributed by atoms with Crippen LogP contribution in [0.2, 0.25) is 0 Å². The van der Waals surface area contributed by atoms with Crippen molar-refractivity contribution in [2.75, 3.05) is 18.1 Å². The molecule has 0 aliphatic heterocycles. The number of anilines is 1. The highest BCUT2D eigenvalue weighted by atomic mass is 16.3. The Labute approximate surface area is 108 Å². The molecule has 0 aromatic carbocycles. The van der Waals surface area contributed by atoms with Crippen LogP contribution in [0, 0.1) is 0 Å². The van der Waals surface area contributed by atoms with Crippen molar-refractivity contribution in [2.24, 2.45) is 0 Å². The number of hydrogen-bond acceptors (Lipinski definition) is 4. The van der Waals surface area contributed by atoms with E-state index in [4.69, 9.17) is 0 Å². The van der Waals surface area contributed by atoms with E-state index < -0.39 is 6.10 Å². The van der Waals surface area contributed by atoms with Gasteiger partial charge in [0.15, 0.2) is 0 Å². The van der Waals surface area contributed by atoms with Crippen molar-refractivity contribution in [2.45, 2.75) is 44.8 Å². The van der Waals surface area contributed by atoms with Gasteiger partial charge in [0.05, 0.1) is 30.3 Å². The molecule has 2 N–H and O–H groups in total. The lowest BCUT2D eigenvalue weighted by Gasteiger charge is -2.30. The number of nitrogens with zero attached hydrogens (tertiary/aromatic N) is 2. The second-order valence-corrected chi connectivity index (χ2v) is 4.97. The van der Waals surface area contributed by atoms with Gasteiger partial charge in [-0.3, -0.25) is 4.98 Å². The Kier molecular flexibility index (Phi) is 4.55. The van der Waals surface area contributed by atoms with Crippen LogP contribution in [-0.2, 0) is 0 Å². The fourth-order valence-electron chi connectivity index (χ4n) is 2.66.